The van der Waals surface area contributed by atoms with E-state index in [1.165, 1.54) is 89.9 Å². The van der Waals surface area contributed by atoms with E-state index in [-0.39, 0.29) is 12.8 Å². The van der Waals surface area contributed by atoms with Crippen LogP contribution in [0.1, 0.15) is 117 Å². The van der Waals surface area contributed by atoms with Crippen molar-refractivity contribution in [1.29, 1.82) is 0 Å². The number of rotatable bonds is 28. The second kappa shape index (κ2) is 24.1. The third-order valence-corrected chi connectivity index (χ3v) is 8.97. The van der Waals surface area contributed by atoms with Gasteiger partial charge < -0.3 is 18.9 Å². The van der Waals surface area contributed by atoms with Crippen LogP contribution >= 0.6 is 7.60 Å². The normalized spacial score (nSPS) is 13.0. The molecule has 41 heavy (non-hydrogen) atoms. The minimum Gasteiger partial charge on any atom is -0.379 e. The van der Waals surface area contributed by atoms with Crippen LogP contribution in [0.25, 0.3) is 10.8 Å². The lowest BCUT2D eigenvalue weighted by atomic mass is 10.0. The van der Waals surface area contributed by atoms with Crippen molar-refractivity contribution in [3.8, 4) is 5.75 Å². The fourth-order valence-electron chi connectivity index (χ4n) is 4.88. The van der Waals surface area contributed by atoms with E-state index in [9.17, 15) is 4.57 Å². The van der Waals surface area contributed by atoms with Gasteiger partial charge in [-0.1, -0.05) is 144 Å². The van der Waals surface area contributed by atoms with E-state index in [2.05, 4.69) is 6.92 Å². The predicted molar refractivity (Wildman–Crippen MR) is 171 cm³/mol. The lowest BCUT2D eigenvalue weighted by Gasteiger charge is -2.18. The SMILES string of the molecule is CCCCCCCCCCCCCCCCCCOP(=O)(CCOCCOCC)OOc1cccc2ccccc12. The molecule has 0 saturated carbocycles. The Balaban J connectivity index is 1.60. The Bertz CT molecular complexity index is 931. The molecule has 0 N–H and O–H groups in total. The second-order valence-electron chi connectivity index (χ2n) is 10.9. The first-order chi connectivity index (χ1) is 20.2. The number of unbranched alkanes of at least 4 members (excludes halogenated alkanes) is 15. The van der Waals surface area contributed by atoms with Gasteiger partial charge in [-0.2, -0.15) is 0 Å². The van der Waals surface area contributed by atoms with Gasteiger partial charge in [-0.25, -0.2) is 0 Å². The fourth-order valence-corrected chi connectivity index (χ4v) is 6.08. The summed E-state index contributed by atoms with van der Waals surface area (Å²) in [5.41, 5.74) is 0. The van der Waals surface area contributed by atoms with Crippen molar-refractivity contribution in [2.24, 2.45) is 0 Å². The van der Waals surface area contributed by atoms with Gasteiger partial charge in [0.05, 0.1) is 32.6 Å². The molecule has 6 nitrogen and oxygen atoms in total. The van der Waals surface area contributed by atoms with Crippen molar-refractivity contribution in [3.63, 3.8) is 0 Å². The standard InChI is InChI=1S/C34H57O6P/c1-3-5-6-7-8-9-10-11-12-13-14-15-16-17-18-21-27-38-41(35,31-30-37-29-28-36-4-2)40-39-34-26-22-24-32-23-19-20-25-33(32)34/h19-20,22-26H,3-18,21,27-31H2,1-2H3. The van der Waals surface area contributed by atoms with E-state index in [4.69, 9.17) is 23.6 Å². The van der Waals surface area contributed by atoms with Crippen molar-refractivity contribution in [3.05, 3.63) is 42.5 Å². The van der Waals surface area contributed by atoms with E-state index < -0.39 is 7.60 Å². The zero-order valence-corrected chi connectivity index (χ0v) is 26.9. The molecule has 1 atom stereocenters. The van der Waals surface area contributed by atoms with Gasteiger partial charge in [0.25, 0.3) is 0 Å². The van der Waals surface area contributed by atoms with Crippen LogP contribution in [0.15, 0.2) is 42.5 Å². The van der Waals surface area contributed by atoms with Gasteiger partial charge in [-0.05, 0) is 24.8 Å². The van der Waals surface area contributed by atoms with Crippen LogP contribution in [0.5, 0.6) is 5.75 Å². The highest BCUT2D eigenvalue weighted by Crippen LogP contribution is 2.48. The lowest BCUT2D eigenvalue weighted by molar-refractivity contribution is -0.112. The molecule has 0 bridgehead atoms. The van der Waals surface area contributed by atoms with Crippen molar-refractivity contribution in [1.82, 2.24) is 0 Å². The first kappa shape index (κ1) is 35.8. The van der Waals surface area contributed by atoms with E-state index in [0.29, 0.717) is 32.2 Å². The summed E-state index contributed by atoms with van der Waals surface area (Å²) in [6, 6.07) is 13.6. The van der Waals surface area contributed by atoms with E-state index in [1.807, 2.05) is 43.3 Å². The molecule has 234 valence electrons. The summed E-state index contributed by atoms with van der Waals surface area (Å²) in [5.74, 6) is 0.520. The van der Waals surface area contributed by atoms with Gasteiger partial charge in [0.15, 0.2) is 5.75 Å². The zero-order chi connectivity index (χ0) is 29.3. The average Bonchev–Trinajstić information content (AvgIpc) is 2.99. The molecule has 7 heteroatoms. The largest absolute Gasteiger partial charge is 0.379 e. The van der Waals surface area contributed by atoms with Crippen LogP contribution in [0.4, 0.5) is 0 Å². The molecule has 0 radical (unpaired) electrons. The smallest absolute Gasteiger partial charge is 0.371 e. The van der Waals surface area contributed by atoms with Gasteiger partial charge >= 0.3 is 7.60 Å². The van der Waals surface area contributed by atoms with Crippen LogP contribution in [-0.4, -0.2) is 39.2 Å². The minimum atomic E-state index is -3.50. The van der Waals surface area contributed by atoms with Gasteiger partial charge in [0.1, 0.15) is 0 Å². The number of hydrogen-bond donors (Lipinski definition) is 0. The Morgan fingerprint density at radius 1 is 0.585 bits per heavy atom. The molecule has 1 unspecified atom stereocenters. The molecular weight excluding hydrogens is 535 g/mol. The first-order valence-corrected chi connectivity index (χ1v) is 18.1. The van der Waals surface area contributed by atoms with Crippen molar-refractivity contribution >= 4 is 18.4 Å². The Kier molecular flexibility index (Phi) is 21.0. The molecular formula is C34H57O6P. The Morgan fingerprint density at radius 2 is 1.15 bits per heavy atom. The summed E-state index contributed by atoms with van der Waals surface area (Å²) >= 11 is 0. The lowest BCUT2D eigenvalue weighted by Crippen LogP contribution is -2.11. The van der Waals surface area contributed by atoms with Crippen LogP contribution in [0.3, 0.4) is 0 Å². The van der Waals surface area contributed by atoms with E-state index in [0.717, 1.165) is 23.6 Å². The van der Waals surface area contributed by atoms with Crippen molar-refractivity contribution < 1.29 is 28.1 Å². The summed E-state index contributed by atoms with van der Waals surface area (Å²) in [7, 11) is -3.50. The summed E-state index contributed by atoms with van der Waals surface area (Å²) < 4.78 is 35.7. The van der Waals surface area contributed by atoms with Gasteiger partial charge in [-0.3, -0.25) is 4.57 Å². The molecule has 2 aromatic rings. The fraction of sp³-hybridized carbons (Fsp3) is 0.706. The molecule has 0 aliphatic carbocycles. The summed E-state index contributed by atoms with van der Waals surface area (Å²) in [6.45, 7) is 6.45. The molecule has 0 spiro atoms. The highest BCUT2D eigenvalue weighted by Gasteiger charge is 2.27. The van der Waals surface area contributed by atoms with E-state index >= 15 is 0 Å². The van der Waals surface area contributed by atoms with Crippen LogP contribution in [0, 0.1) is 0 Å². The third-order valence-electron chi connectivity index (χ3n) is 7.36. The minimum absolute atomic E-state index is 0.128. The van der Waals surface area contributed by atoms with Crippen LogP contribution < -0.4 is 4.89 Å². The predicted octanol–water partition coefficient (Wildman–Crippen LogP) is 10.7. The quantitative estimate of drug-likeness (QED) is 0.0424. The molecule has 0 aliphatic heterocycles. The maximum Gasteiger partial charge on any atom is 0.371 e. The topological polar surface area (TPSA) is 63.2 Å². The highest BCUT2D eigenvalue weighted by molar-refractivity contribution is 7.53. The molecule has 0 amide bonds. The number of fused-ring (bicyclic) bond motifs is 1. The maximum atomic E-state index is 13.5. The molecule has 0 heterocycles. The number of ether oxygens (including phenoxy) is 2. The summed E-state index contributed by atoms with van der Waals surface area (Å²) in [4.78, 5) is 5.60. The number of benzene rings is 2. The van der Waals surface area contributed by atoms with Gasteiger partial charge in [0, 0.05) is 12.0 Å². The summed E-state index contributed by atoms with van der Waals surface area (Å²) in [5, 5.41) is 1.92. The monoisotopic (exact) mass is 592 g/mol. The Labute approximate surface area is 250 Å². The Morgan fingerprint density at radius 3 is 1.78 bits per heavy atom. The summed E-state index contributed by atoms with van der Waals surface area (Å²) in [6.07, 6.45) is 21.1. The Hall–Kier alpha value is -1.43. The first-order valence-electron chi connectivity index (χ1n) is 16.4. The zero-order valence-electron chi connectivity index (χ0n) is 26.0. The molecule has 0 aromatic heterocycles. The van der Waals surface area contributed by atoms with E-state index in [1.54, 1.807) is 6.07 Å². The second-order valence-corrected chi connectivity index (χ2v) is 13.0. The number of hydrogen-bond acceptors (Lipinski definition) is 6. The molecule has 2 rings (SSSR count). The maximum absolute atomic E-state index is 13.5. The molecule has 0 saturated heterocycles. The van der Waals surface area contributed by atoms with Crippen LogP contribution in [0.2, 0.25) is 0 Å². The van der Waals surface area contributed by atoms with Crippen molar-refractivity contribution in [2.75, 3.05) is 39.2 Å². The average molecular weight is 593 g/mol. The molecule has 0 fully saturated rings. The van der Waals surface area contributed by atoms with Gasteiger partial charge in [0.2, 0.25) is 0 Å². The van der Waals surface area contributed by atoms with Crippen molar-refractivity contribution in [2.45, 2.75) is 117 Å². The van der Waals surface area contributed by atoms with Gasteiger partial charge in [-0.15, -0.1) is 0 Å². The van der Waals surface area contributed by atoms with Crippen LogP contribution in [-0.2, 0) is 23.2 Å². The highest BCUT2D eigenvalue weighted by atomic mass is 31.2. The third kappa shape index (κ3) is 17.3. The molecule has 2 aromatic carbocycles. The molecule has 0 aliphatic rings.